The Labute approximate surface area is 245 Å². The Bertz CT molecular complexity index is 1640. The summed E-state index contributed by atoms with van der Waals surface area (Å²) < 4.78 is 74.2. The van der Waals surface area contributed by atoms with Gasteiger partial charge in [-0.3, -0.25) is 14.1 Å². The van der Waals surface area contributed by atoms with Crippen molar-refractivity contribution >= 4 is 15.9 Å². The highest BCUT2D eigenvalue weighted by Crippen LogP contribution is 2.29. The highest BCUT2D eigenvalue weighted by Gasteiger charge is 2.32. The van der Waals surface area contributed by atoms with E-state index in [0.717, 1.165) is 49.3 Å². The first-order chi connectivity index (χ1) is 20.3. The first-order valence-corrected chi connectivity index (χ1v) is 15.3. The SMILES string of the molecule is CS(=O)(=O)O.Cc1cc(-c2nc(-c3ccc(OC(F)(F)F)cc3)no2)nn1Cc1ccnc(N2CCN(C3CC3)CC2)c1. The van der Waals surface area contributed by atoms with E-state index in [1.165, 1.54) is 37.1 Å². The number of anilines is 1. The van der Waals surface area contributed by atoms with Crippen LogP contribution in [0.25, 0.3) is 23.0 Å². The summed E-state index contributed by atoms with van der Waals surface area (Å²) in [6, 6.07) is 12.0. The number of pyridine rings is 1. The van der Waals surface area contributed by atoms with Gasteiger partial charge in [-0.05, 0) is 67.8 Å². The summed E-state index contributed by atoms with van der Waals surface area (Å²) in [5.74, 6) is 1.13. The summed E-state index contributed by atoms with van der Waals surface area (Å²) in [7, 11) is -3.67. The molecule has 4 aromatic rings. The van der Waals surface area contributed by atoms with Crippen LogP contribution in [-0.2, 0) is 16.7 Å². The lowest BCUT2D eigenvalue weighted by Gasteiger charge is -2.35. The molecule has 0 amide bonds. The molecular formula is C27H30F3N7O5S. The van der Waals surface area contributed by atoms with Crippen molar-refractivity contribution in [3.8, 4) is 28.7 Å². The molecule has 0 unspecified atom stereocenters. The van der Waals surface area contributed by atoms with Crippen LogP contribution in [-0.4, -0.2) is 87.6 Å². The second kappa shape index (κ2) is 12.3. The predicted octanol–water partition coefficient (Wildman–Crippen LogP) is 4.04. The van der Waals surface area contributed by atoms with Gasteiger partial charge in [-0.2, -0.15) is 18.5 Å². The first-order valence-electron chi connectivity index (χ1n) is 13.4. The van der Waals surface area contributed by atoms with Crippen molar-refractivity contribution in [2.45, 2.75) is 38.7 Å². The Kier molecular flexibility index (Phi) is 8.71. The molecule has 1 aliphatic carbocycles. The Balaban J connectivity index is 0.000000682. The maximum absolute atomic E-state index is 12.4. The van der Waals surface area contributed by atoms with Crippen LogP contribution in [0.2, 0.25) is 0 Å². The second-order valence-corrected chi connectivity index (χ2v) is 11.8. The minimum absolute atomic E-state index is 0.224. The summed E-state index contributed by atoms with van der Waals surface area (Å²) in [4.78, 5) is 13.9. The molecule has 0 bridgehead atoms. The fourth-order valence-corrected chi connectivity index (χ4v) is 4.69. The molecule has 230 valence electrons. The number of hydrogen-bond donors (Lipinski definition) is 1. The van der Waals surface area contributed by atoms with Crippen LogP contribution in [0, 0.1) is 6.92 Å². The molecule has 2 aliphatic rings. The molecule has 0 atom stereocenters. The molecule has 3 aromatic heterocycles. The van der Waals surface area contributed by atoms with Crippen molar-refractivity contribution in [1.82, 2.24) is 29.8 Å². The Morgan fingerprint density at radius 3 is 2.37 bits per heavy atom. The average molecular weight is 622 g/mol. The van der Waals surface area contributed by atoms with E-state index in [9.17, 15) is 21.6 Å². The van der Waals surface area contributed by atoms with Crippen molar-refractivity contribution in [2.75, 3.05) is 37.3 Å². The molecule has 6 rings (SSSR count). The normalized spacial score (nSPS) is 16.1. The molecule has 16 heteroatoms. The number of halogens is 3. The van der Waals surface area contributed by atoms with Crippen molar-refractivity contribution in [2.24, 2.45) is 0 Å². The monoisotopic (exact) mass is 621 g/mol. The van der Waals surface area contributed by atoms with Crippen LogP contribution in [0.4, 0.5) is 19.0 Å². The predicted molar refractivity (Wildman–Crippen MR) is 150 cm³/mol. The van der Waals surface area contributed by atoms with E-state index in [2.05, 4.69) is 40.8 Å². The standard InChI is InChI=1S/C26H26F3N7O2.CH4O3S/c1-17-14-22(25-31-24(33-38-25)19-2-6-21(7-3-19)37-26(27,28)29)32-36(17)16-18-8-9-30-23(15-18)35-12-10-34(11-13-35)20-4-5-20;1-5(2,3)4/h2-3,6-9,14-15,20H,4-5,10-13,16H2,1H3;1H3,(H,2,3,4). The van der Waals surface area contributed by atoms with Crippen LogP contribution in [0.5, 0.6) is 5.75 Å². The van der Waals surface area contributed by atoms with Crippen LogP contribution in [0.1, 0.15) is 24.1 Å². The average Bonchev–Trinajstić information content (AvgIpc) is 3.56. The van der Waals surface area contributed by atoms with E-state index in [1.807, 2.05) is 29.9 Å². The van der Waals surface area contributed by atoms with Gasteiger partial charge in [0, 0.05) is 49.7 Å². The van der Waals surface area contributed by atoms with E-state index in [0.29, 0.717) is 24.1 Å². The van der Waals surface area contributed by atoms with Gasteiger partial charge in [0.2, 0.25) is 5.82 Å². The van der Waals surface area contributed by atoms with Gasteiger partial charge in [0.15, 0.2) is 5.69 Å². The lowest BCUT2D eigenvalue weighted by atomic mass is 10.2. The van der Waals surface area contributed by atoms with Gasteiger partial charge in [-0.15, -0.1) is 13.2 Å². The maximum Gasteiger partial charge on any atom is 0.573 e. The van der Waals surface area contributed by atoms with Crippen LogP contribution in [0.15, 0.2) is 53.2 Å². The molecule has 0 radical (unpaired) electrons. The van der Waals surface area contributed by atoms with Crippen LogP contribution >= 0.6 is 0 Å². The first kappa shape index (κ1) is 30.4. The molecule has 0 spiro atoms. The van der Waals surface area contributed by atoms with Crippen molar-refractivity contribution in [3.63, 3.8) is 0 Å². The van der Waals surface area contributed by atoms with E-state index >= 15 is 0 Å². The molecule has 1 aliphatic heterocycles. The summed E-state index contributed by atoms with van der Waals surface area (Å²) in [5, 5.41) is 8.61. The molecule has 1 aromatic carbocycles. The molecule has 1 saturated carbocycles. The zero-order chi connectivity index (χ0) is 30.8. The maximum atomic E-state index is 12.4. The van der Waals surface area contributed by atoms with Crippen LogP contribution < -0.4 is 9.64 Å². The molecule has 1 N–H and O–H groups in total. The summed E-state index contributed by atoms with van der Waals surface area (Å²) in [5.41, 5.74) is 3.02. The third-order valence-electron chi connectivity index (χ3n) is 6.82. The number of alkyl halides is 3. The Morgan fingerprint density at radius 2 is 1.74 bits per heavy atom. The van der Waals surface area contributed by atoms with Crippen LogP contribution in [0.3, 0.4) is 0 Å². The molecular weight excluding hydrogens is 591 g/mol. The van der Waals surface area contributed by atoms with Crippen molar-refractivity contribution in [3.05, 3.63) is 59.9 Å². The molecule has 43 heavy (non-hydrogen) atoms. The minimum Gasteiger partial charge on any atom is -0.406 e. The highest BCUT2D eigenvalue weighted by atomic mass is 32.2. The smallest absolute Gasteiger partial charge is 0.406 e. The third kappa shape index (κ3) is 8.75. The second-order valence-electron chi connectivity index (χ2n) is 10.3. The number of piperazine rings is 1. The number of aryl methyl sites for hydroxylation is 1. The van der Waals surface area contributed by atoms with Gasteiger partial charge < -0.3 is 14.2 Å². The zero-order valence-corrected chi connectivity index (χ0v) is 24.2. The van der Waals surface area contributed by atoms with Gasteiger partial charge in [-0.25, -0.2) is 4.98 Å². The summed E-state index contributed by atoms with van der Waals surface area (Å²) >= 11 is 0. The molecule has 4 heterocycles. The van der Waals surface area contributed by atoms with Gasteiger partial charge in [-0.1, -0.05) is 5.16 Å². The minimum atomic E-state index is -4.75. The van der Waals surface area contributed by atoms with Crippen molar-refractivity contribution in [1.29, 1.82) is 0 Å². The van der Waals surface area contributed by atoms with Gasteiger partial charge in [0.25, 0.3) is 16.0 Å². The fraction of sp³-hybridized carbons (Fsp3) is 0.407. The zero-order valence-electron chi connectivity index (χ0n) is 23.4. The lowest BCUT2D eigenvalue weighted by Crippen LogP contribution is -2.47. The topological polar surface area (TPSA) is 140 Å². The van der Waals surface area contributed by atoms with E-state index in [-0.39, 0.29) is 17.5 Å². The van der Waals surface area contributed by atoms with E-state index in [1.54, 1.807) is 0 Å². The summed E-state index contributed by atoms with van der Waals surface area (Å²) in [6.45, 7) is 6.63. The lowest BCUT2D eigenvalue weighted by molar-refractivity contribution is -0.274. The number of rotatable bonds is 7. The molecule has 1 saturated heterocycles. The van der Waals surface area contributed by atoms with E-state index in [4.69, 9.17) is 9.08 Å². The quantitative estimate of drug-likeness (QED) is 0.299. The number of nitrogens with zero attached hydrogens (tertiary/aromatic N) is 7. The van der Waals surface area contributed by atoms with Gasteiger partial charge >= 0.3 is 6.36 Å². The molecule has 12 nitrogen and oxygen atoms in total. The fourth-order valence-electron chi connectivity index (χ4n) is 4.69. The van der Waals surface area contributed by atoms with Gasteiger partial charge in [0.05, 0.1) is 12.8 Å². The number of ether oxygens (including phenoxy) is 1. The molecule has 2 fully saturated rings. The largest absolute Gasteiger partial charge is 0.573 e. The Hall–Kier alpha value is -4.02. The van der Waals surface area contributed by atoms with Crippen molar-refractivity contribution < 1.29 is 35.4 Å². The van der Waals surface area contributed by atoms with E-state index < -0.39 is 16.5 Å². The Morgan fingerprint density at radius 1 is 1.07 bits per heavy atom. The number of benzene rings is 1. The third-order valence-corrected chi connectivity index (χ3v) is 6.82. The number of hydrogen-bond acceptors (Lipinski definition) is 10. The summed E-state index contributed by atoms with van der Waals surface area (Å²) in [6.07, 6.45) is 0.468. The van der Waals surface area contributed by atoms with Gasteiger partial charge in [0.1, 0.15) is 11.6 Å². The highest BCUT2D eigenvalue weighted by molar-refractivity contribution is 7.85. The number of aromatic nitrogens is 5.